The number of fused-ring (bicyclic) bond motifs is 1. The fourth-order valence-corrected chi connectivity index (χ4v) is 1.26. The molecule has 1 heterocycles. The third-order valence-electron chi connectivity index (χ3n) is 1.82. The first-order chi connectivity index (χ1) is 5.79. The standard InChI is InChI=1S/C9H8N2O.ClH/c10-6-2-1-3-7-9(6)8(12)4-5-11-7;/h1-5H,10H2,(H,11,12);1H. The molecule has 1 aromatic heterocycles. The van der Waals surface area contributed by atoms with Crippen molar-refractivity contribution in [2.45, 2.75) is 0 Å². The highest BCUT2D eigenvalue weighted by Crippen LogP contribution is 2.13. The Kier molecular flexibility index (Phi) is 2.58. The number of pyridine rings is 1. The molecule has 2 rings (SSSR count). The lowest BCUT2D eigenvalue weighted by Crippen LogP contribution is -2.03. The van der Waals surface area contributed by atoms with Crippen LogP contribution in [0.2, 0.25) is 0 Å². The summed E-state index contributed by atoms with van der Waals surface area (Å²) < 4.78 is 0. The molecule has 3 N–H and O–H groups in total. The average Bonchev–Trinajstić information content (AvgIpc) is 2.04. The highest BCUT2D eigenvalue weighted by atomic mass is 35.5. The fraction of sp³-hybridized carbons (Fsp3) is 0. The summed E-state index contributed by atoms with van der Waals surface area (Å²) in [7, 11) is 0. The molecule has 1 aromatic carbocycles. The molecule has 0 bridgehead atoms. The molecule has 3 nitrogen and oxygen atoms in total. The van der Waals surface area contributed by atoms with Gasteiger partial charge in [-0.2, -0.15) is 0 Å². The zero-order chi connectivity index (χ0) is 8.55. The molecular formula is C9H9ClN2O. The quantitative estimate of drug-likeness (QED) is 0.628. The number of anilines is 1. The summed E-state index contributed by atoms with van der Waals surface area (Å²) in [5.41, 5.74) is 6.90. The van der Waals surface area contributed by atoms with E-state index in [0.717, 1.165) is 5.52 Å². The first-order valence-corrected chi connectivity index (χ1v) is 3.65. The second-order valence-corrected chi connectivity index (χ2v) is 2.61. The summed E-state index contributed by atoms with van der Waals surface area (Å²) in [5.74, 6) is 0. The number of nitrogens with one attached hydrogen (secondary N) is 1. The van der Waals surface area contributed by atoms with Gasteiger partial charge in [0.2, 0.25) is 0 Å². The summed E-state index contributed by atoms with van der Waals surface area (Å²) in [6.07, 6.45) is 1.62. The summed E-state index contributed by atoms with van der Waals surface area (Å²) in [5, 5.41) is 0.569. The van der Waals surface area contributed by atoms with Crippen LogP contribution in [0.4, 0.5) is 5.69 Å². The Morgan fingerprint density at radius 3 is 2.69 bits per heavy atom. The largest absolute Gasteiger partial charge is 0.398 e. The maximum atomic E-state index is 11.3. The molecule has 0 aliphatic rings. The van der Waals surface area contributed by atoms with E-state index in [4.69, 9.17) is 5.73 Å². The van der Waals surface area contributed by atoms with Crippen LogP contribution in [0, 0.1) is 0 Å². The summed E-state index contributed by atoms with van der Waals surface area (Å²) in [6.45, 7) is 0. The molecule has 68 valence electrons. The first kappa shape index (κ1) is 9.61. The van der Waals surface area contributed by atoms with Gasteiger partial charge in [0.1, 0.15) is 0 Å². The molecule has 4 heteroatoms. The van der Waals surface area contributed by atoms with E-state index >= 15 is 0 Å². The van der Waals surface area contributed by atoms with Crippen LogP contribution in [-0.4, -0.2) is 4.98 Å². The third-order valence-corrected chi connectivity index (χ3v) is 1.82. The molecule has 0 atom stereocenters. The van der Waals surface area contributed by atoms with E-state index in [1.165, 1.54) is 6.07 Å². The van der Waals surface area contributed by atoms with E-state index in [0.29, 0.717) is 11.1 Å². The SMILES string of the molecule is Cl.Nc1cccc2[nH]ccc(=O)c12. The number of hydrogen-bond acceptors (Lipinski definition) is 2. The number of aromatic nitrogens is 1. The maximum absolute atomic E-state index is 11.3. The van der Waals surface area contributed by atoms with Gasteiger partial charge in [0, 0.05) is 18.0 Å². The lowest BCUT2D eigenvalue weighted by Gasteiger charge is -1.98. The van der Waals surface area contributed by atoms with E-state index in [2.05, 4.69) is 4.98 Å². The van der Waals surface area contributed by atoms with Crippen LogP contribution in [0.1, 0.15) is 0 Å². The first-order valence-electron chi connectivity index (χ1n) is 3.65. The zero-order valence-electron chi connectivity index (χ0n) is 6.78. The number of nitrogens with two attached hydrogens (primary N) is 1. The highest BCUT2D eigenvalue weighted by Gasteiger charge is 1.99. The maximum Gasteiger partial charge on any atom is 0.191 e. The van der Waals surface area contributed by atoms with Crippen molar-refractivity contribution < 1.29 is 0 Å². The van der Waals surface area contributed by atoms with E-state index in [-0.39, 0.29) is 17.8 Å². The minimum Gasteiger partial charge on any atom is -0.398 e. The van der Waals surface area contributed by atoms with Gasteiger partial charge in [0.25, 0.3) is 0 Å². The van der Waals surface area contributed by atoms with Crippen LogP contribution in [0.15, 0.2) is 35.3 Å². The number of nitrogen functional groups attached to an aromatic ring is 1. The van der Waals surface area contributed by atoms with Crippen LogP contribution >= 0.6 is 12.4 Å². The molecule has 0 aliphatic heterocycles. The number of halogens is 1. The topological polar surface area (TPSA) is 58.9 Å². The zero-order valence-corrected chi connectivity index (χ0v) is 7.60. The number of benzene rings is 1. The molecule has 0 unspecified atom stereocenters. The van der Waals surface area contributed by atoms with Crippen molar-refractivity contribution in [1.82, 2.24) is 4.98 Å². The second-order valence-electron chi connectivity index (χ2n) is 2.61. The summed E-state index contributed by atoms with van der Waals surface area (Å²) >= 11 is 0. The minimum atomic E-state index is -0.0400. The number of H-pyrrole nitrogens is 1. The Balaban J connectivity index is 0.000000845. The molecule has 0 saturated carbocycles. The molecule has 0 aliphatic carbocycles. The van der Waals surface area contributed by atoms with Gasteiger partial charge in [-0.1, -0.05) is 6.07 Å². The van der Waals surface area contributed by atoms with Crippen LogP contribution < -0.4 is 11.2 Å². The Bertz CT molecular complexity index is 473. The monoisotopic (exact) mass is 196 g/mol. The Morgan fingerprint density at radius 1 is 1.23 bits per heavy atom. The van der Waals surface area contributed by atoms with Crippen molar-refractivity contribution in [3.63, 3.8) is 0 Å². The van der Waals surface area contributed by atoms with Crippen molar-refractivity contribution in [3.8, 4) is 0 Å². The van der Waals surface area contributed by atoms with Gasteiger partial charge in [-0.05, 0) is 12.1 Å². The third kappa shape index (κ3) is 1.51. The van der Waals surface area contributed by atoms with E-state index in [9.17, 15) is 4.79 Å². The predicted octanol–water partition coefficient (Wildman–Crippen LogP) is 1.53. The van der Waals surface area contributed by atoms with Crippen molar-refractivity contribution >= 4 is 29.0 Å². The molecule has 0 saturated heterocycles. The van der Waals surface area contributed by atoms with Crippen molar-refractivity contribution in [2.75, 3.05) is 5.73 Å². The molecule has 0 radical (unpaired) electrons. The molecule has 0 fully saturated rings. The Labute approximate surface area is 81.0 Å². The van der Waals surface area contributed by atoms with Crippen molar-refractivity contribution in [3.05, 3.63) is 40.7 Å². The van der Waals surface area contributed by atoms with Gasteiger partial charge in [-0.25, -0.2) is 0 Å². The smallest absolute Gasteiger partial charge is 0.191 e. The van der Waals surface area contributed by atoms with Crippen LogP contribution in [0.25, 0.3) is 10.9 Å². The number of hydrogen-bond donors (Lipinski definition) is 2. The van der Waals surface area contributed by atoms with Crippen LogP contribution in [0.3, 0.4) is 0 Å². The average molecular weight is 197 g/mol. The number of aromatic amines is 1. The Morgan fingerprint density at radius 2 is 2.00 bits per heavy atom. The molecule has 13 heavy (non-hydrogen) atoms. The van der Waals surface area contributed by atoms with Gasteiger partial charge < -0.3 is 10.7 Å². The summed E-state index contributed by atoms with van der Waals surface area (Å²) in [4.78, 5) is 14.3. The molecular weight excluding hydrogens is 188 g/mol. The van der Waals surface area contributed by atoms with E-state index < -0.39 is 0 Å². The van der Waals surface area contributed by atoms with Crippen molar-refractivity contribution in [2.24, 2.45) is 0 Å². The summed E-state index contributed by atoms with van der Waals surface area (Å²) in [6, 6.07) is 6.83. The molecule has 0 amide bonds. The highest BCUT2D eigenvalue weighted by molar-refractivity contribution is 5.89. The second kappa shape index (κ2) is 3.49. The predicted molar refractivity (Wildman–Crippen MR) is 56.2 cm³/mol. The fourth-order valence-electron chi connectivity index (χ4n) is 1.26. The molecule has 2 aromatic rings. The lowest BCUT2D eigenvalue weighted by atomic mass is 10.2. The van der Waals surface area contributed by atoms with E-state index in [1.54, 1.807) is 12.3 Å². The normalized spacial score (nSPS) is 9.54. The Hall–Kier alpha value is -1.48. The van der Waals surface area contributed by atoms with Gasteiger partial charge in [-0.15, -0.1) is 12.4 Å². The van der Waals surface area contributed by atoms with Crippen LogP contribution in [-0.2, 0) is 0 Å². The van der Waals surface area contributed by atoms with Gasteiger partial charge in [-0.3, -0.25) is 4.79 Å². The van der Waals surface area contributed by atoms with Gasteiger partial charge >= 0.3 is 0 Å². The van der Waals surface area contributed by atoms with Gasteiger partial charge in [0.05, 0.1) is 10.9 Å². The van der Waals surface area contributed by atoms with Crippen molar-refractivity contribution in [1.29, 1.82) is 0 Å². The van der Waals surface area contributed by atoms with E-state index in [1.807, 2.05) is 12.1 Å². The molecule has 0 spiro atoms. The van der Waals surface area contributed by atoms with Gasteiger partial charge in [0.15, 0.2) is 5.43 Å². The number of rotatable bonds is 0. The lowest BCUT2D eigenvalue weighted by molar-refractivity contribution is 1.39. The van der Waals surface area contributed by atoms with Crippen LogP contribution in [0.5, 0.6) is 0 Å². The minimum absolute atomic E-state index is 0.